The maximum atomic E-state index is 12.2. The number of nitrogens with one attached hydrogen (secondary N) is 1. The van der Waals surface area contributed by atoms with E-state index in [4.69, 9.17) is 4.89 Å². The van der Waals surface area contributed by atoms with Crippen LogP contribution in [0.3, 0.4) is 0 Å². The molecule has 23 heavy (non-hydrogen) atoms. The lowest BCUT2D eigenvalue weighted by molar-refractivity contribution is -0.272. The second kappa shape index (κ2) is 6.76. The Bertz CT molecular complexity index is 842. The highest BCUT2D eigenvalue weighted by Crippen LogP contribution is 2.27. The third kappa shape index (κ3) is 3.04. The van der Waals surface area contributed by atoms with E-state index in [1.165, 1.54) is 7.11 Å². The summed E-state index contributed by atoms with van der Waals surface area (Å²) in [7, 11) is 3.46. The smallest absolute Gasteiger partial charge is 0.269 e. The SMILES string of the molecule is COOCCCNC(=O)c1cc2c3ccccc3n(C)c2cn1. The predicted octanol–water partition coefficient (Wildman–Crippen LogP) is 2.42. The van der Waals surface area contributed by atoms with Crippen molar-refractivity contribution in [1.29, 1.82) is 0 Å². The first-order valence-corrected chi connectivity index (χ1v) is 7.49. The Hall–Kier alpha value is -2.44. The molecular weight excluding hydrogens is 294 g/mol. The molecule has 0 radical (unpaired) electrons. The summed E-state index contributed by atoms with van der Waals surface area (Å²) in [4.78, 5) is 25.8. The molecule has 0 aliphatic rings. The third-order valence-electron chi connectivity index (χ3n) is 3.84. The van der Waals surface area contributed by atoms with Crippen LogP contribution in [-0.4, -0.2) is 35.7 Å². The summed E-state index contributed by atoms with van der Waals surface area (Å²) in [6, 6.07) is 9.97. The van der Waals surface area contributed by atoms with Crippen LogP contribution >= 0.6 is 0 Å². The van der Waals surface area contributed by atoms with Gasteiger partial charge in [0.15, 0.2) is 0 Å². The van der Waals surface area contributed by atoms with Gasteiger partial charge in [0.1, 0.15) is 5.69 Å². The molecule has 3 aromatic rings. The molecule has 2 heterocycles. The van der Waals surface area contributed by atoms with Gasteiger partial charge in [-0.15, -0.1) is 0 Å². The first-order chi connectivity index (χ1) is 11.2. The monoisotopic (exact) mass is 313 g/mol. The highest BCUT2D eigenvalue weighted by Gasteiger charge is 2.12. The van der Waals surface area contributed by atoms with Crippen LogP contribution in [0.25, 0.3) is 21.8 Å². The summed E-state index contributed by atoms with van der Waals surface area (Å²) < 4.78 is 2.08. The van der Waals surface area contributed by atoms with Crippen LogP contribution in [0.5, 0.6) is 0 Å². The lowest BCUT2D eigenvalue weighted by Gasteiger charge is -2.05. The number of rotatable bonds is 6. The number of aryl methyl sites for hydroxylation is 1. The fourth-order valence-corrected chi connectivity index (χ4v) is 2.69. The van der Waals surface area contributed by atoms with Crippen molar-refractivity contribution >= 4 is 27.7 Å². The summed E-state index contributed by atoms with van der Waals surface area (Å²) in [6.07, 6.45) is 2.42. The molecule has 6 nitrogen and oxygen atoms in total. The van der Waals surface area contributed by atoms with Crippen LogP contribution in [-0.2, 0) is 16.8 Å². The number of fused-ring (bicyclic) bond motifs is 3. The van der Waals surface area contributed by atoms with Crippen molar-refractivity contribution in [3.63, 3.8) is 0 Å². The maximum absolute atomic E-state index is 12.2. The van der Waals surface area contributed by atoms with E-state index in [9.17, 15) is 4.79 Å². The second-order valence-electron chi connectivity index (χ2n) is 5.26. The van der Waals surface area contributed by atoms with E-state index in [1.54, 1.807) is 6.20 Å². The standard InChI is InChI=1S/C17H19N3O3/c1-20-15-7-4-3-6-12(15)13-10-14(19-11-16(13)20)17(21)18-8-5-9-23-22-2/h3-4,6-7,10-11H,5,8-9H2,1-2H3,(H,18,21). The van der Waals surface area contributed by atoms with Crippen molar-refractivity contribution in [2.45, 2.75) is 6.42 Å². The summed E-state index contributed by atoms with van der Waals surface area (Å²) in [5.41, 5.74) is 2.55. The second-order valence-corrected chi connectivity index (χ2v) is 5.26. The minimum absolute atomic E-state index is 0.183. The van der Waals surface area contributed by atoms with Crippen LogP contribution in [0.2, 0.25) is 0 Å². The van der Waals surface area contributed by atoms with Crippen molar-refractivity contribution in [2.75, 3.05) is 20.3 Å². The Morgan fingerprint density at radius 1 is 1.26 bits per heavy atom. The number of carbonyl (C=O) groups excluding carboxylic acids is 1. The molecule has 1 amide bonds. The van der Waals surface area contributed by atoms with Crippen molar-refractivity contribution < 1.29 is 14.6 Å². The number of nitrogens with zero attached hydrogens (tertiary/aromatic N) is 2. The highest BCUT2D eigenvalue weighted by atomic mass is 17.2. The van der Waals surface area contributed by atoms with E-state index in [0.29, 0.717) is 25.3 Å². The topological polar surface area (TPSA) is 65.4 Å². The fraction of sp³-hybridized carbons (Fsp3) is 0.294. The molecule has 0 aliphatic heterocycles. The van der Waals surface area contributed by atoms with Gasteiger partial charge in [0.05, 0.1) is 25.4 Å². The minimum atomic E-state index is -0.183. The normalized spacial score (nSPS) is 11.2. The van der Waals surface area contributed by atoms with Crippen LogP contribution in [0.4, 0.5) is 0 Å². The Morgan fingerprint density at radius 3 is 2.91 bits per heavy atom. The van der Waals surface area contributed by atoms with Gasteiger partial charge < -0.3 is 9.88 Å². The minimum Gasteiger partial charge on any atom is -0.351 e. The van der Waals surface area contributed by atoms with Gasteiger partial charge in [-0.3, -0.25) is 4.79 Å². The van der Waals surface area contributed by atoms with E-state index >= 15 is 0 Å². The lowest BCUT2D eigenvalue weighted by Crippen LogP contribution is -2.26. The highest BCUT2D eigenvalue weighted by molar-refractivity contribution is 6.09. The maximum Gasteiger partial charge on any atom is 0.269 e. The first kappa shape index (κ1) is 15.5. The number of aromatic nitrogens is 2. The molecule has 0 atom stereocenters. The summed E-state index contributed by atoms with van der Waals surface area (Å²) in [6.45, 7) is 0.948. The molecule has 3 rings (SSSR count). The molecule has 0 saturated heterocycles. The third-order valence-corrected chi connectivity index (χ3v) is 3.84. The molecule has 0 fully saturated rings. The van der Waals surface area contributed by atoms with Crippen molar-refractivity contribution in [3.8, 4) is 0 Å². The van der Waals surface area contributed by atoms with Gasteiger partial charge in [-0.05, 0) is 18.6 Å². The average molecular weight is 313 g/mol. The number of benzene rings is 1. The number of pyridine rings is 1. The Kier molecular flexibility index (Phi) is 4.55. The van der Waals surface area contributed by atoms with Gasteiger partial charge in [0.2, 0.25) is 0 Å². The van der Waals surface area contributed by atoms with Gasteiger partial charge in [-0.1, -0.05) is 18.2 Å². The molecule has 1 N–H and O–H groups in total. The molecule has 2 aromatic heterocycles. The van der Waals surface area contributed by atoms with Crippen molar-refractivity contribution in [2.24, 2.45) is 7.05 Å². The van der Waals surface area contributed by atoms with Crippen LogP contribution in [0.1, 0.15) is 16.9 Å². The zero-order chi connectivity index (χ0) is 16.2. The molecule has 1 aromatic carbocycles. The zero-order valence-electron chi connectivity index (χ0n) is 13.2. The summed E-state index contributed by atoms with van der Waals surface area (Å²) in [5, 5.41) is 4.99. The van der Waals surface area contributed by atoms with Crippen LogP contribution in [0, 0.1) is 0 Å². The number of hydrogen-bond donors (Lipinski definition) is 1. The first-order valence-electron chi connectivity index (χ1n) is 7.49. The predicted molar refractivity (Wildman–Crippen MR) is 88.1 cm³/mol. The molecule has 0 aliphatic carbocycles. The summed E-state index contributed by atoms with van der Waals surface area (Å²) >= 11 is 0. The quantitative estimate of drug-likeness (QED) is 0.431. The van der Waals surface area contributed by atoms with E-state index in [0.717, 1.165) is 21.8 Å². The molecule has 0 unspecified atom stereocenters. The molecular formula is C17H19N3O3. The number of amides is 1. The Balaban J connectivity index is 1.82. The zero-order valence-corrected chi connectivity index (χ0v) is 13.2. The van der Waals surface area contributed by atoms with Crippen molar-refractivity contribution in [1.82, 2.24) is 14.9 Å². The van der Waals surface area contributed by atoms with Crippen molar-refractivity contribution in [3.05, 3.63) is 42.2 Å². The van der Waals surface area contributed by atoms with Gasteiger partial charge in [-0.25, -0.2) is 14.8 Å². The number of carbonyl (C=O) groups is 1. The lowest BCUT2D eigenvalue weighted by atomic mass is 10.1. The Morgan fingerprint density at radius 2 is 2.09 bits per heavy atom. The molecule has 120 valence electrons. The van der Waals surface area contributed by atoms with Gasteiger partial charge in [0, 0.05) is 29.9 Å². The van der Waals surface area contributed by atoms with E-state index < -0.39 is 0 Å². The van der Waals surface area contributed by atoms with E-state index in [2.05, 4.69) is 31.9 Å². The van der Waals surface area contributed by atoms with Crippen LogP contribution in [0.15, 0.2) is 36.5 Å². The van der Waals surface area contributed by atoms with E-state index in [1.807, 2.05) is 25.2 Å². The Labute approximate surface area is 133 Å². The fourth-order valence-electron chi connectivity index (χ4n) is 2.69. The molecule has 0 spiro atoms. The largest absolute Gasteiger partial charge is 0.351 e. The molecule has 6 heteroatoms. The molecule has 0 saturated carbocycles. The number of para-hydroxylation sites is 1. The molecule has 0 bridgehead atoms. The van der Waals surface area contributed by atoms with Gasteiger partial charge in [0.25, 0.3) is 5.91 Å². The average Bonchev–Trinajstić information content (AvgIpc) is 2.87. The number of hydrogen-bond acceptors (Lipinski definition) is 4. The van der Waals surface area contributed by atoms with Gasteiger partial charge >= 0.3 is 0 Å². The van der Waals surface area contributed by atoms with E-state index in [-0.39, 0.29) is 5.91 Å². The summed E-state index contributed by atoms with van der Waals surface area (Å²) in [5.74, 6) is -0.183. The van der Waals surface area contributed by atoms with Gasteiger partial charge in [-0.2, -0.15) is 0 Å². The van der Waals surface area contributed by atoms with Crippen LogP contribution < -0.4 is 5.32 Å².